The summed E-state index contributed by atoms with van der Waals surface area (Å²) in [5.41, 5.74) is 3.96. The second-order valence-corrected chi connectivity index (χ2v) is 8.42. The molecule has 0 saturated heterocycles. The normalized spacial score (nSPS) is 16.0. The van der Waals surface area contributed by atoms with E-state index in [0.717, 1.165) is 17.5 Å². The Morgan fingerprint density at radius 1 is 1.03 bits per heavy atom. The minimum atomic E-state index is -1.00. The molecule has 1 aliphatic heterocycles. The molecule has 1 heterocycles. The number of nitrogens with one attached hydrogen (secondary N) is 1. The van der Waals surface area contributed by atoms with Crippen LogP contribution in [0.2, 0.25) is 0 Å². The van der Waals surface area contributed by atoms with Crippen LogP contribution in [0.3, 0.4) is 0 Å². The van der Waals surface area contributed by atoms with E-state index >= 15 is 0 Å². The number of nitrogens with zero attached hydrogens (tertiary/aromatic N) is 2. The molecule has 2 amide bonds. The number of rotatable bonds is 9. The van der Waals surface area contributed by atoms with Gasteiger partial charge in [-0.25, -0.2) is 0 Å². The predicted molar refractivity (Wildman–Crippen MR) is 139 cm³/mol. The highest BCUT2D eigenvalue weighted by atomic mass is 16.3. The summed E-state index contributed by atoms with van der Waals surface area (Å²) in [4.78, 5) is 32.5. The molecule has 0 saturated carbocycles. The van der Waals surface area contributed by atoms with Crippen LogP contribution in [0.15, 0.2) is 103 Å². The fraction of sp³-hybridized carbons (Fsp3) is 0.207. The quantitative estimate of drug-likeness (QED) is 0.473. The summed E-state index contributed by atoms with van der Waals surface area (Å²) in [5.74, 6) is -0.716. The number of aliphatic hydroxyl groups is 1. The van der Waals surface area contributed by atoms with Crippen LogP contribution in [-0.2, 0) is 16.0 Å². The highest BCUT2D eigenvalue weighted by molar-refractivity contribution is 6.20. The summed E-state index contributed by atoms with van der Waals surface area (Å²) in [6.45, 7) is 3.23. The van der Waals surface area contributed by atoms with Gasteiger partial charge in [0.2, 0.25) is 5.91 Å². The second-order valence-electron chi connectivity index (χ2n) is 8.42. The number of hydrogen-bond acceptors (Lipinski definition) is 4. The lowest BCUT2D eigenvalue weighted by Gasteiger charge is -2.25. The van der Waals surface area contributed by atoms with Crippen LogP contribution in [0.25, 0.3) is 0 Å². The first-order chi connectivity index (χ1) is 17.1. The van der Waals surface area contributed by atoms with Gasteiger partial charge in [0.15, 0.2) is 6.04 Å². The molecule has 2 N–H and O–H groups in total. The maximum absolute atomic E-state index is 13.4. The summed E-state index contributed by atoms with van der Waals surface area (Å²) >= 11 is 0. The van der Waals surface area contributed by atoms with Crippen molar-refractivity contribution in [3.05, 3.63) is 114 Å². The van der Waals surface area contributed by atoms with Crippen LogP contribution in [0.1, 0.15) is 23.1 Å². The standard InChI is InChI=1S/C29H29N3O3/c1-2-23(18-17-21-11-5-3-6-12-21)30-27(34)19-32-26-16-10-9-15-24(26)28(22-13-7-4-8-14-22)31-25(20-33)29(32)35/h2-16,23,25,33H,1,17-20H2,(H,30,34)/t23-,25-/m1/s1. The zero-order valence-electron chi connectivity index (χ0n) is 19.5. The summed E-state index contributed by atoms with van der Waals surface area (Å²) in [7, 11) is 0. The Morgan fingerprint density at radius 3 is 2.37 bits per heavy atom. The molecule has 0 fully saturated rings. The van der Waals surface area contributed by atoms with Gasteiger partial charge in [-0.2, -0.15) is 0 Å². The molecule has 0 radical (unpaired) electrons. The molecule has 3 aromatic carbocycles. The lowest BCUT2D eigenvalue weighted by molar-refractivity contribution is -0.125. The van der Waals surface area contributed by atoms with Crippen molar-refractivity contribution < 1.29 is 14.7 Å². The topological polar surface area (TPSA) is 82.0 Å². The third-order valence-electron chi connectivity index (χ3n) is 6.03. The van der Waals surface area contributed by atoms with E-state index in [1.54, 1.807) is 12.1 Å². The van der Waals surface area contributed by atoms with E-state index in [1.807, 2.05) is 78.9 Å². The molecule has 6 heteroatoms. The summed E-state index contributed by atoms with van der Waals surface area (Å²) in [5, 5.41) is 13.0. The predicted octanol–water partition coefficient (Wildman–Crippen LogP) is 3.54. The molecular formula is C29H29N3O3. The zero-order chi connectivity index (χ0) is 24.6. The van der Waals surface area contributed by atoms with Crippen LogP contribution in [0.5, 0.6) is 0 Å². The Balaban J connectivity index is 1.55. The van der Waals surface area contributed by atoms with Crippen molar-refractivity contribution in [2.24, 2.45) is 4.99 Å². The van der Waals surface area contributed by atoms with Gasteiger partial charge in [0.25, 0.3) is 5.91 Å². The third kappa shape index (κ3) is 5.73. The number of aliphatic imine (C=N–C) groups is 1. The molecule has 35 heavy (non-hydrogen) atoms. The first-order valence-corrected chi connectivity index (χ1v) is 11.7. The number of benzene rings is 3. The number of hydrogen-bond donors (Lipinski definition) is 2. The van der Waals surface area contributed by atoms with Crippen molar-refractivity contribution in [1.82, 2.24) is 5.32 Å². The maximum atomic E-state index is 13.4. The number of anilines is 1. The molecule has 0 unspecified atom stereocenters. The number of para-hydroxylation sites is 1. The van der Waals surface area contributed by atoms with Gasteiger partial charge < -0.3 is 15.3 Å². The van der Waals surface area contributed by atoms with E-state index in [-0.39, 0.29) is 18.5 Å². The second kappa shape index (κ2) is 11.4. The van der Waals surface area contributed by atoms with Gasteiger partial charge in [0.1, 0.15) is 6.54 Å². The smallest absolute Gasteiger partial charge is 0.254 e. The Bertz CT molecular complexity index is 1210. The van der Waals surface area contributed by atoms with E-state index in [1.165, 1.54) is 10.5 Å². The number of aryl methyl sites for hydroxylation is 1. The molecule has 0 bridgehead atoms. The van der Waals surface area contributed by atoms with Crippen molar-refractivity contribution in [3.8, 4) is 0 Å². The first-order valence-electron chi connectivity index (χ1n) is 11.7. The molecule has 1 aliphatic rings. The van der Waals surface area contributed by atoms with Crippen LogP contribution < -0.4 is 10.2 Å². The largest absolute Gasteiger partial charge is 0.394 e. The van der Waals surface area contributed by atoms with Crippen molar-refractivity contribution in [1.29, 1.82) is 0 Å². The Labute approximate surface area is 205 Å². The van der Waals surface area contributed by atoms with Gasteiger partial charge in [-0.1, -0.05) is 84.9 Å². The minimum Gasteiger partial charge on any atom is -0.394 e. The van der Waals surface area contributed by atoms with Gasteiger partial charge >= 0.3 is 0 Å². The zero-order valence-corrected chi connectivity index (χ0v) is 19.5. The molecular weight excluding hydrogens is 438 g/mol. The van der Waals surface area contributed by atoms with Crippen LogP contribution in [-0.4, -0.2) is 47.9 Å². The number of benzodiazepines with no additional fused rings is 1. The van der Waals surface area contributed by atoms with Gasteiger partial charge in [0.05, 0.1) is 18.0 Å². The highest BCUT2D eigenvalue weighted by Gasteiger charge is 2.32. The van der Waals surface area contributed by atoms with E-state index < -0.39 is 18.6 Å². The van der Waals surface area contributed by atoms with E-state index in [2.05, 4.69) is 16.9 Å². The molecule has 6 nitrogen and oxygen atoms in total. The molecule has 3 aromatic rings. The first kappa shape index (κ1) is 24.1. The SMILES string of the molecule is C=C[C@H](CCc1ccccc1)NC(=O)CN1C(=O)[C@@H](CO)N=C(c2ccccc2)c2ccccc21. The average molecular weight is 468 g/mol. The summed E-state index contributed by atoms with van der Waals surface area (Å²) in [6, 6.07) is 25.7. The van der Waals surface area contributed by atoms with Crippen molar-refractivity contribution in [2.45, 2.75) is 24.9 Å². The highest BCUT2D eigenvalue weighted by Crippen LogP contribution is 2.28. The Hall–Kier alpha value is -4.03. The number of carbonyl (C=O) groups is 2. The molecule has 0 aliphatic carbocycles. The third-order valence-corrected chi connectivity index (χ3v) is 6.03. The van der Waals surface area contributed by atoms with Gasteiger partial charge in [-0.05, 0) is 24.5 Å². The molecule has 0 spiro atoms. The van der Waals surface area contributed by atoms with Gasteiger partial charge in [-0.3, -0.25) is 14.6 Å². The van der Waals surface area contributed by atoms with Crippen molar-refractivity contribution in [3.63, 3.8) is 0 Å². The number of amides is 2. The van der Waals surface area contributed by atoms with Crippen molar-refractivity contribution in [2.75, 3.05) is 18.1 Å². The van der Waals surface area contributed by atoms with Crippen LogP contribution in [0.4, 0.5) is 5.69 Å². The number of aliphatic hydroxyl groups excluding tert-OH is 1. The summed E-state index contributed by atoms with van der Waals surface area (Å²) in [6.07, 6.45) is 3.21. The van der Waals surface area contributed by atoms with E-state index in [0.29, 0.717) is 17.8 Å². The van der Waals surface area contributed by atoms with Crippen molar-refractivity contribution >= 4 is 23.2 Å². The van der Waals surface area contributed by atoms with Crippen LogP contribution >= 0.6 is 0 Å². The van der Waals surface area contributed by atoms with E-state index in [9.17, 15) is 14.7 Å². The molecule has 178 valence electrons. The van der Waals surface area contributed by atoms with Crippen LogP contribution in [0, 0.1) is 0 Å². The number of carbonyl (C=O) groups excluding carboxylic acids is 2. The van der Waals surface area contributed by atoms with Gasteiger partial charge in [-0.15, -0.1) is 6.58 Å². The Kier molecular flexibility index (Phi) is 7.85. The van der Waals surface area contributed by atoms with Gasteiger partial charge in [0, 0.05) is 17.2 Å². The fourth-order valence-electron chi connectivity index (χ4n) is 4.21. The average Bonchev–Trinajstić information content (AvgIpc) is 3.02. The monoisotopic (exact) mass is 467 g/mol. The molecule has 0 aromatic heterocycles. The minimum absolute atomic E-state index is 0.181. The summed E-state index contributed by atoms with van der Waals surface area (Å²) < 4.78 is 0. The van der Waals surface area contributed by atoms with E-state index in [4.69, 9.17) is 0 Å². The fourth-order valence-corrected chi connectivity index (χ4v) is 4.21. The lowest BCUT2D eigenvalue weighted by atomic mass is 10.00. The Morgan fingerprint density at radius 2 is 1.69 bits per heavy atom. The molecule has 4 rings (SSSR count). The lowest BCUT2D eigenvalue weighted by Crippen LogP contribution is -2.47. The maximum Gasteiger partial charge on any atom is 0.254 e. The number of fused-ring (bicyclic) bond motifs is 1. The molecule has 2 atom stereocenters.